The van der Waals surface area contributed by atoms with E-state index in [0.717, 1.165) is 12.2 Å². The molecule has 0 saturated heterocycles. The van der Waals surface area contributed by atoms with E-state index in [4.69, 9.17) is 26.9 Å². The zero-order chi connectivity index (χ0) is 20.4. The fourth-order valence-electron chi connectivity index (χ4n) is 2.10. The summed E-state index contributed by atoms with van der Waals surface area (Å²) in [6.07, 6.45) is -4.83. The molecule has 0 unspecified atom stereocenters. The number of carbonyl (C=O) groups is 1. The van der Waals surface area contributed by atoms with Crippen LogP contribution in [0.4, 0.5) is 29.3 Å². The van der Waals surface area contributed by atoms with Crippen LogP contribution < -0.4 is 15.5 Å². The average molecular weight is 406 g/mol. The molecule has 0 bridgehead atoms. The average Bonchev–Trinajstić information content (AvgIpc) is 2.60. The molecule has 11 heteroatoms. The topological polar surface area (TPSA) is 86.9 Å². The Morgan fingerprint density at radius 1 is 1.26 bits per heavy atom. The Bertz CT molecular complexity index is 862. The predicted octanol–water partition coefficient (Wildman–Crippen LogP) is 4.57. The largest absolute Gasteiger partial charge is 0.451 e. The summed E-state index contributed by atoms with van der Waals surface area (Å²) in [5.41, 5.74) is 5.78. The Kier molecular flexibility index (Phi) is 6.01. The number of alkyl halides is 3. The van der Waals surface area contributed by atoms with Crippen LogP contribution in [0.3, 0.4) is 0 Å². The lowest BCUT2D eigenvalue weighted by Crippen LogP contribution is -2.30. The first-order chi connectivity index (χ1) is 12.6. The van der Waals surface area contributed by atoms with Crippen molar-refractivity contribution in [3.63, 3.8) is 0 Å². The third-order valence-electron chi connectivity index (χ3n) is 3.43. The van der Waals surface area contributed by atoms with Gasteiger partial charge in [0.15, 0.2) is 0 Å². The highest BCUT2D eigenvalue weighted by Gasteiger charge is 2.32. The molecule has 2 N–H and O–H groups in total. The van der Waals surface area contributed by atoms with Crippen LogP contribution in [0.5, 0.6) is 11.6 Å². The lowest BCUT2D eigenvalue weighted by Gasteiger charge is -2.21. The number of nitrogens with zero attached hydrogens (tertiary/aromatic N) is 2. The van der Waals surface area contributed by atoms with E-state index in [9.17, 15) is 18.0 Å². The van der Waals surface area contributed by atoms with E-state index in [-0.39, 0.29) is 28.0 Å². The molecular formula is C16H15ClF3N3O4. The molecule has 146 valence electrons. The van der Waals surface area contributed by atoms with E-state index in [1.54, 1.807) is 6.92 Å². The molecule has 1 aromatic heterocycles. The fraction of sp³-hybridized carbons (Fsp3) is 0.250. The molecule has 0 radical (unpaired) electrons. The number of amides is 1. The standard InChI is InChI=1S/C16H15ClF3N3O4/c1-8-4-10(6-12(13(8)21)23(26-3)15(24)25-2)27-14-11(17)5-9(7-22-14)16(18,19)20/h4-7H,21H2,1-3H3. The highest BCUT2D eigenvalue weighted by molar-refractivity contribution is 6.31. The van der Waals surface area contributed by atoms with Crippen molar-refractivity contribution in [2.24, 2.45) is 0 Å². The van der Waals surface area contributed by atoms with Crippen molar-refractivity contribution in [2.75, 3.05) is 25.0 Å². The Morgan fingerprint density at radius 2 is 1.93 bits per heavy atom. The van der Waals surface area contributed by atoms with Gasteiger partial charge in [0, 0.05) is 12.3 Å². The van der Waals surface area contributed by atoms with Gasteiger partial charge in [0.2, 0.25) is 5.88 Å². The molecule has 1 aromatic carbocycles. The van der Waals surface area contributed by atoms with Gasteiger partial charge in [0.25, 0.3) is 0 Å². The van der Waals surface area contributed by atoms with Crippen molar-refractivity contribution in [2.45, 2.75) is 13.1 Å². The zero-order valence-electron chi connectivity index (χ0n) is 14.4. The molecule has 2 aromatic rings. The minimum absolute atomic E-state index is 0.113. The third kappa shape index (κ3) is 4.52. The van der Waals surface area contributed by atoms with Gasteiger partial charge in [-0.2, -0.15) is 18.2 Å². The van der Waals surface area contributed by atoms with Gasteiger partial charge in [-0.1, -0.05) is 11.6 Å². The van der Waals surface area contributed by atoms with E-state index in [2.05, 4.69) is 9.72 Å². The summed E-state index contributed by atoms with van der Waals surface area (Å²) in [6.45, 7) is 1.64. The number of aromatic nitrogens is 1. The number of anilines is 2. The molecule has 2 rings (SSSR count). The monoisotopic (exact) mass is 405 g/mol. The number of ether oxygens (including phenoxy) is 2. The summed E-state index contributed by atoms with van der Waals surface area (Å²) in [4.78, 5) is 20.4. The van der Waals surface area contributed by atoms with E-state index in [1.165, 1.54) is 19.2 Å². The molecule has 0 saturated carbocycles. The minimum Gasteiger partial charge on any atom is -0.451 e. The predicted molar refractivity (Wildman–Crippen MR) is 91.8 cm³/mol. The number of pyridine rings is 1. The zero-order valence-corrected chi connectivity index (χ0v) is 15.2. The van der Waals surface area contributed by atoms with Crippen LogP contribution in [0.2, 0.25) is 5.02 Å². The van der Waals surface area contributed by atoms with Crippen LogP contribution in [-0.4, -0.2) is 25.3 Å². The summed E-state index contributed by atoms with van der Waals surface area (Å²) in [7, 11) is 2.39. The fourth-order valence-corrected chi connectivity index (χ4v) is 2.30. The molecule has 0 fully saturated rings. The lowest BCUT2D eigenvalue weighted by molar-refractivity contribution is -0.137. The number of hydrogen-bond donors (Lipinski definition) is 1. The quantitative estimate of drug-likeness (QED) is 0.592. The second kappa shape index (κ2) is 7.89. The Labute approximate surface area is 157 Å². The minimum atomic E-state index is -4.58. The molecule has 0 aliphatic rings. The number of hydroxylamine groups is 1. The van der Waals surface area contributed by atoms with Crippen LogP contribution in [0.1, 0.15) is 11.1 Å². The van der Waals surface area contributed by atoms with Crippen molar-refractivity contribution >= 4 is 29.1 Å². The third-order valence-corrected chi connectivity index (χ3v) is 3.70. The van der Waals surface area contributed by atoms with Crippen LogP contribution in [0.25, 0.3) is 0 Å². The Balaban J connectivity index is 2.42. The molecule has 0 aliphatic heterocycles. The number of nitrogens with two attached hydrogens (primary N) is 1. The highest BCUT2D eigenvalue weighted by Crippen LogP contribution is 2.37. The van der Waals surface area contributed by atoms with Gasteiger partial charge in [-0.15, -0.1) is 0 Å². The van der Waals surface area contributed by atoms with Gasteiger partial charge in [0.05, 0.1) is 25.5 Å². The first kappa shape index (κ1) is 20.6. The van der Waals surface area contributed by atoms with Crippen molar-refractivity contribution < 1.29 is 32.3 Å². The van der Waals surface area contributed by atoms with E-state index in [0.29, 0.717) is 17.8 Å². The number of halogens is 4. The van der Waals surface area contributed by atoms with Crippen molar-refractivity contribution in [3.8, 4) is 11.6 Å². The Morgan fingerprint density at radius 3 is 2.44 bits per heavy atom. The molecule has 7 nitrogen and oxygen atoms in total. The molecule has 1 heterocycles. The molecule has 0 atom stereocenters. The van der Waals surface area contributed by atoms with Gasteiger partial charge in [0.1, 0.15) is 16.5 Å². The van der Waals surface area contributed by atoms with Gasteiger partial charge in [-0.25, -0.2) is 9.78 Å². The SMILES string of the molecule is COC(=O)N(OC)c1cc(Oc2ncc(C(F)(F)F)cc2Cl)cc(C)c1N. The maximum Gasteiger partial charge on any atom is 0.438 e. The van der Waals surface area contributed by atoms with Crippen LogP contribution >= 0.6 is 11.6 Å². The van der Waals surface area contributed by atoms with E-state index < -0.39 is 17.8 Å². The first-order valence-electron chi connectivity index (χ1n) is 7.31. The van der Waals surface area contributed by atoms with Gasteiger partial charge >= 0.3 is 12.3 Å². The molecule has 1 amide bonds. The number of carbonyl (C=O) groups excluding carboxylic acids is 1. The van der Waals surface area contributed by atoms with Crippen molar-refractivity contribution in [1.82, 2.24) is 4.98 Å². The summed E-state index contributed by atoms with van der Waals surface area (Å²) >= 11 is 5.84. The smallest absolute Gasteiger partial charge is 0.438 e. The maximum atomic E-state index is 12.7. The Hall–Kier alpha value is -2.72. The summed E-state index contributed by atoms with van der Waals surface area (Å²) in [5, 5.41) is 0.453. The van der Waals surface area contributed by atoms with E-state index >= 15 is 0 Å². The maximum absolute atomic E-state index is 12.7. The number of rotatable bonds is 4. The normalized spacial score (nSPS) is 11.2. The first-order valence-corrected chi connectivity index (χ1v) is 7.69. The second-order valence-electron chi connectivity index (χ2n) is 5.23. The number of nitrogen functional groups attached to an aromatic ring is 1. The van der Waals surface area contributed by atoms with Gasteiger partial charge in [-0.3, -0.25) is 4.84 Å². The van der Waals surface area contributed by atoms with Gasteiger partial charge < -0.3 is 15.2 Å². The summed E-state index contributed by atoms with van der Waals surface area (Å²) < 4.78 is 48.2. The molecular weight excluding hydrogens is 391 g/mol. The van der Waals surface area contributed by atoms with Gasteiger partial charge in [-0.05, 0) is 24.6 Å². The lowest BCUT2D eigenvalue weighted by atomic mass is 10.1. The number of aryl methyl sites for hydroxylation is 1. The summed E-state index contributed by atoms with van der Waals surface area (Å²) in [5.74, 6) is -0.126. The summed E-state index contributed by atoms with van der Waals surface area (Å²) in [6, 6.07) is 3.53. The molecule has 0 aliphatic carbocycles. The number of methoxy groups -OCH3 is 1. The van der Waals surface area contributed by atoms with Crippen molar-refractivity contribution in [3.05, 3.63) is 40.5 Å². The van der Waals surface area contributed by atoms with Crippen molar-refractivity contribution in [1.29, 1.82) is 0 Å². The number of hydrogen-bond acceptors (Lipinski definition) is 6. The number of benzene rings is 1. The highest BCUT2D eigenvalue weighted by atomic mass is 35.5. The van der Waals surface area contributed by atoms with Crippen LogP contribution in [0, 0.1) is 6.92 Å². The van der Waals surface area contributed by atoms with E-state index in [1.807, 2.05) is 0 Å². The second-order valence-corrected chi connectivity index (χ2v) is 5.64. The molecule has 0 spiro atoms. The van der Waals surface area contributed by atoms with Crippen LogP contribution in [-0.2, 0) is 15.8 Å². The molecule has 27 heavy (non-hydrogen) atoms. The van der Waals surface area contributed by atoms with Crippen LogP contribution in [0.15, 0.2) is 24.4 Å².